The second kappa shape index (κ2) is 5.61. The number of aromatic nitrogens is 2. The maximum Gasteiger partial charge on any atom is 0.258 e. The van der Waals surface area contributed by atoms with Gasteiger partial charge in [0.15, 0.2) is 5.78 Å². The molecule has 0 unspecified atom stereocenters. The van der Waals surface area contributed by atoms with Gasteiger partial charge in [-0.2, -0.15) is 0 Å². The van der Waals surface area contributed by atoms with Gasteiger partial charge >= 0.3 is 0 Å². The third-order valence-electron chi connectivity index (χ3n) is 2.90. The van der Waals surface area contributed by atoms with Crippen molar-refractivity contribution >= 4 is 17.6 Å². The van der Waals surface area contributed by atoms with Crippen LogP contribution in [0.25, 0.3) is 0 Å². The number of nitrogens with one attached hydrogen (secondary N) is 1. The summed E-state index contributed by atoms with van der Waals surface area (Å²) >= 11 is 0. The SMILES string of the molecule is CC(=O)c1cc(C(=O)Nc2nccc(C)n2)ccc1C. The molecule has 0 saturated heterocycles. The molecule has 20 heavy (non-hydrogen) atoms. The molecule has 5 nitrogen and oxygen atoms in total. The van der Waals surface area contributed by atoms with Gasteiger partial charge in [0, 0.05) is 23.0 Å². The second-order valence-electron chi connectivity index (χ2n) is 4.56. The molecule has 0 aliphatic rings. The minimum Gasteiger partial charge on any atom is -0.295 e. The summed E-state index contributed by atoms with van der Waals surface area (Å²) in [5, 5.41) is 2.61. The van der Waals surface area contributed by atoms with Crippen molar-refractivity contribution in [1.29, 1.82) is 0 Å². The summed E-state index contributed by atoms with van der Waals surface area (Å²) in [6.45, 7) is 5.13. The fourth-order valence-corrected chi connectivity index (χ4v) is 1.83. The molecule has 2 aromatic rings. The van der Waals surface area contributed by atoms with Crippen LogP contribution in [0.1, 0.15) is 38.9 Å². The molecule has 1 aromatic heterocycles. The van der Waals surface area contributed by atoms with Crippen LogP contribution in [0.3, 0.4) is 0 Å². The van der Waals surface area contributed by atoms with Crippen LogP contribution in [0.15, 0.2) is 30.5 Å². The summed E-state index contributed by atoms with van der Waals surface area (Å²) in [6, 6.07) is 6.76. The van der Waals surface area contributed by atoms with E-state index in [1.54, 1.807) is 30.5 Å². The Hall–Kier alpha value is -2.56. The highest BCUT2D eigenvalue weighted by atomic mass is 16.1. The number of rotatable bonds is 3. The summed E-state index contributed by atoms with van der Waals surface area (Å²) in [4.78, 5) is 31.7. The second-order valence-corrected chi connectivity index (χ2v) is 4.56. The molecule has 102 valence electrons. The van der Waals surface area contributed by atoms with Crippen molar-refractivity contribution in [3.8, 4) is 0 Å². The van der Waals surface area contributed by atoms with Crippen LogP contribution in [-0.2, 0) is 0 Å². The van der Waals surface area contributed by atoms with Crippen molar-refractivity contribution < 1.29 is 9.59 Å². The zero-order valence-electron chi connectivity index (χ0n) is 11.6. The van der Waals surface area contributed by atoms with Crippen molar-refractivity contribution in [3.63, 3.8) is 0 Å². The third-order valence-corrected chi connectivity index (χ3v) is 2.90. The number of benzene rings is 1. The first kappa shape index (κ1) is 13.9. The Labute approximate surface area is 117 Å². The molecule has 0 radical (unpaired) electrons. The average Bonchev–Trinajstić information content (AvgIpc) is 2.38. The van der Waals surface area contributed by atoms with Crippen molar-refractivity contribution in [2.75, 3.05) is 5.32 Å². The number of anilines is 1. The average molecular weight is 269 g/mol. The maximum atomic E-state index is 12.1. The van der Waals surface area contributed by atoms with E-state index in [1.165, 1.54) is 6.92 Å². The van der Waals surface area contributed by atoms with E-state index in [4.69, 9.17) is 0 Å². The normalized spacial score (nSPS) is 10.2. The summed E-state index contributed by atoms with van der Waals surface area (Å²) < 4.78 is 0. The standard InChI is InChI=1S/C15H15N3O2/c1-9-4-5-12(8-13(9)11(3)19)14(20)18-15-16-7-6-10(2)17-15/h4-8H,1-3H3,(H,16,17,18,20). The molecule has 0 saturated carbocycles. The Morgan fingerprint density at radius 3 is 2.55 bits per heavy atom. The van der Waals surface area contributed by atoms with Crippen LogP contribution in [0.2, 0.25) is 0 Å². The Balaban J connectivity index is 2.26. The van der Waals surface area contributed by atoms with Gasteiger partial charge in [0.1, 0.15) is 0 Å². The van der Waals surface area contributed by atoms with E-state index in [-0.39, 0.29) is 17.6 Å². The van der Waals surface area contributed by atoms with Gasteiger partial charge in [-0.3, -0.25) is 14.9 Å². The fraction of sp³-hybridized carbons (Fsp3) is 0.200. The van der Waals surface area contributed by atoms with Gasteiger partial charge in [0.2, 0.25) is 5.95 Å². The number of hydrogen-bond donors (Lipinski definition) is 1. The highest BCUT2D eigenvalue weighted by molar-refractivity contribution is 6.05. The smallest absolute Gasteiger partial charge is 0.258 e. The zero-order valence-corrected chi connectivity index (χ0v) is 11.6. The van der Waals surface area contributed by atoms with Crippen LogP contribution in [0, 0.1) is 13.8 Å². The number of nitrogens with zero attached hydrogens (tertiary/aromatic N) is 2. The number of hydrogen-bond acceptors (Lipinski definition) is 4. The van der Waals surface area contributed by atoms with E-state index in [0.29, 0.717) is 11.1 Å². The molecule has 0 atom stereocenters. The Morgan fingerprint density at radius 2 is 1.90 bits per heavy atom. The van der Waals surface area contributed by atoms with Crippen LogP contribution in [-0.4, -0.2) is 21.7 Å². The topological polar surface area (TPSA) is 72.0 Å². The zero-order chi connectivity index (χ0) is 14.7. The molecule has 0 bridgehead atoms. The molecule has 0 spiro atoms. The quantitative estimate of drug-likeness (QED) is 0.869. The number of Topliss-reactive ketones (excluding diaryl/α,β-unsaturated/α-hetero) is 1. The van der Waals surface area contributed by atoms with Crippen LogP contribution in [0.4, 0.5) is 5.95 Å². The van der Waals surface area contributed by atoms with E-state index in [9.17, 15) is 9.59 Å². The van der Waals surface area contributed by atoms with E-state index < -0.39 is 0 Å². The number of carbonyl (C=O) groups is 2. The minimum atomic E-state index is -0.335. The van der Waals surface area contributed by atoms with Gasteiger partial charge in [-0.15, -0.1) is 0 Å². The van der Waals surface area contributed by atoms with E-state index in [1.807, 2.05) is 13.8 Å². The Morgan fingerprint density at radius 1 is 1.15 bits per heavy atom. The molecule has 1 aromatic carbocycles. The van der Waals surface area contributed by atoms with Gasteiger partial charge in [-0.1, -0.05) is 6.07 Å². The molecule has 0 aliphatic carbocycles. The molecule has 1 N–H and O–H groups in total. The summed E-state index contributed by atoms with van der Waals surface area (Å²) in [5.74, 6) is -0.151. The lowest BCUT2D eigenvalue weighted by molar-refractivity contribution is 0.101. The van der Waals surface area contributed by atoms with Gasteiger partial charge in [0.05, 0.1) is 0 Å². The highest BCUT2D eigenvalue weighted by Crippen LogP contribution is 2.13. The maximum absolute atomic E-state index is 12.1. The van der Waals surface area contributed by atoms with Gasteiger partial charge in [-0.25, -0.2) is 9.97 Å². The molecule has 2 rings (SSSR count). The molecule has 0 aliphatic heterocycles. The lowest BCUT2D eigenvalue weighted by Crippen LogP contribution is -2.15. The first-order chi connectivity index (χ1) is 9.47. The van der Waals surface area contributed by atoms with Gasteiger partial charge in [-0.05, 0) is 44.5 Å². The predicted molar refractivity (Wildman–Crippen MR) is 75.9 cm³/mol. The minimum absolute atomic E-state index is 0.0658. The van der Waals surface area contributed by atoms with Crippen LogP contribution < -0.4 is 5.32 Å². The van der Waals surface area contributed by atoms with Gasteiger partial charge < -0.3 is 0 Å². The van der Waals surface area contributed by atoms with Gasteiger partial charge in [0.25, 0.3) is 5.91 Å². The molecule has 0 fully saturated rings. The Bertz CT molecular complexity index is 681. The molecule has 1 amide bonds. The Kier molecular flexibility index (Phi) is 3.89. The first-order valence-corrected chi connectivity index (χ1v) is 6.20. The monoisotopic (exact) mass is 269 g/mol. The van der Waals surface area contributed by atoms with Crippen molar-refractivity contribution in [3.05, 3.63) is 52.8 Å². The lowest BCUT2D eigenvalue weighted by Gasteiger charge is -2.07. The highest BCUT2D eigenvalue weighted by Gasteiger charge is 2.11. The van der Waals surface area contributed by atoms with E-state index in [0.717, 1.165) is 11.3 Å². The van der Waals surface area contributed by atoms with E-state index >= 15 is 0 Å². The number of amides is 1. The van der Waals surface area contributed by atoms with Crippen LogP contribution in [0.5, 0.6) is 0 Å². The lowest BCUT2D eigenvalue weighted by atomic mass is 10.0. The summed E-state index contributed by atoms with van der Waals surface area (Å²) in [7, 11) is 0. The van der Waals surface area contributed by atoms with Crippen LogP contribution >= 0.6 is 0 Å². The fourth-order valence-electron chi connectivity index (χ4n) is 1.83. The first-order valence-electron chi connectivity index (χ1n) is 6.20. The van der Waals surface area contributed by atoms with E-state index in [2.05, 4.69) is 15.3 Å². The molecular weight excluding hydrogens is 254 g/mol. The largest absolute Gasteiger partial charge is 0.295 e. The third kappa shape index (κ3) is 3.06. The van der Waals surface area contributed by atoms with Crippen molar-refractivity contribution in [2.24, 2.45) is 0 Å². The predicted octanol–water partition coefficient (Wildman–Crippen LogP) is 2.55. The summed E-state index contributed by atoms with van der Waals surface area (Å²) in [6.07, 6.45) is 1.58. The van der Waals surface area contributed by atoms with Crippen molar-refractivity contribution in [1.82, 2.24) is 9.97 Å². The molecule has 1 heterocycles. The summed E-state index contributed by atoms with van der Waals surface area (Å²) in [5.41, 5.74) is 2.57. The van der Waals surface area contributed by atoms with Crippen molar-refractivity contribution in [2.45, 2.75) is 20.8 Å². The number of aryl methyl sites for hydroxylation is 2. The number of carbonyl (C=O) groups excluding carboxylic acids is 2. The number of ketones is 1. The molecular formula is C15H15N3O2. The molecule has 5 heteroatoms.